The Kier molecular flexibility index (Phi) is 3.15. The van der Waals surface area contributed by atoms with Gasteiger partial charge in [-0.3, -0.25) is 9.59 Å². The zero-order valence-corrected chi connectivity index (χ0v) is 11.0. The average Bonchev–Trinajstić information content (AvgIpc) is 2.80. The predicted octanol–water partition coefficient (Wildman–Crippen LogP) is 1.78. The molecule has 3 nitrogen and oxygen atoms in total. The Bertz CT molecular complexity index is 577. The Morgan fingerprint density at radius 1 is 1.29 bits per heavy atom. The van der Waals surface area contributed by atoms with E-state index < -0.39 is 0 Å². The second-order valence-corrected chi connectivity index (χ2v) is 5.48. The summed E-state index contributed by atoms with van der Waals surface area (Å²) in [5.41, 5.74) is 0.598. The van der Waals surface area contributed by atoms with Crippen molar-refractivity contribution < 1.29 is 0 Å². The lowest BCUT2D eigenvalue weighted by Crippen LogP contribution is -2.44. The number of hydrogen-bond donors (Lipinski definition) is 0. The molecule has 1 heterocycles. The Morgan fingerprint density at radius 3 is 2.53 bits per heavy atom. The Labute approximate surface area is 104 Å². The first kappa shape index (κ1) is 12.0. The zero-order chi connectivity index (χ0) is 12.6. The fourth-order valence-electron chi connectivity index (χ4n) is 1.81. The van der Waals surface area contributed by atoms with Crippen LogP contribution < -0.4 is 15.8 Å². The van der Waals surface area contributed by atoms with Crippen LogP contribution in [0.5, 0.6) is 0 Å². The van der Waals surface area contributed by atoms with Crippen molar-refractivity contribution in [2.45, 2.75) is 26.3 Å². The number of thiophene rings is 1. The van der Waals surface area contributed by atoms with Crippen molar-refractivity contribution in [3.63, 3.8) is 0 Å². The molecule has 0 saturated heterocycles. The van der Waals surface area contributed by atoms with E-state index >= 15 is 0 Å². The van der Waals surface area contributed by atoms with E-state index in [1.54, 1.807) is 11.3 Å². The van der Waals surface area contributed by atoms with E-state index in [2.05, 4.69) is 0 Å². The largest absolute Gasteiger partial charge is 0.369 e. The molecule has 4 heteroatoms. The van der Waals surface area contributed by atoms with Crippen LogP contribution in [0.2, 0.25) is 0 Å². The Hall–Kier alpha value is -1.42. The molecule has 90 valence electrons. The van der Waals surface area contributed by atoms with E-state index in [0.717, 1.165) is 4.88 Å². The van der Waals surface area contributed by atoms with Gasteiger partial charge in [0, 0.05) is 30.0 Å². The first-order valence-electron chi connectivity index (χ1n) is 5.59. The SMILES string of the molecule is CC(C)N(C)c1c(Cc2cccs2)c(=O)c1=O. The number of anilines is 1. The molecule has 0 spiro atoms. The Balaban J connectivity index is 2.33. The van der Waals surface area contributed by atoms with Gasteiger partial charge in [-0.1, -0.05) is 6.07 Å². The van der Waals surface area contributed by atoms with Crippen molar-refractivity contribution >= 4 is 17.0 Å². The lowest BCUT2D eigenvalue weighted by atomic mass is 10.0. The molecule has 0 N–H and O–H groups in total. The Morgan fingerprint density at radius 2 is 2.00 bits per heavy atom. The minimum absolute atomic E-state index is 0.223. The van der Waals surface area contributed by atoms with Gasteiger partial charge in [-0.05, 0) is 25.3 Å². The molecule has 0 atom stereocenters. The molecule has 0 saturated carbocycles. The van der Waals surface area contributed by atoms with E-state index in [9.17, 15) is 9.59 Å². The molecule has 0 aliphatic rings. The normalized spacial score (nSPS) is 11.3. The van der Waals surface area contributed by atoms with Gasteiger partial charge >= 0.3 is 0 Å². The maximum Gasteiger partial charge on any atom is 0.249 e. The quantitative estimate of drug-likeness (QED) is 0.775. The van der Waals surface area contributed by atoms with Crippen LogP contribution in [0, 0.1) is 0 Å². The lowest BCUT2D eigenvalue weighted by Gasteiger charge is -2.26. The third-order valence-electron chi connectivity index (χ3n) is 3.04. The van der Waals surface area contributed by atoms with E-state index in [-0.39, 0.29) is 16.9 Å². The fourth-order valence-corrected chi connectivity index (χ4v) is 2.53. The lowest BCUT2D eigenvalue weighted by molar-refractivity contribution is 0.742. The third kappa shape index (κ3) is 2.05. The van der Waals surface area contributed by atoms with Gasteiger partial charge in [0.05, 0.1) is 5.69 Å². The molecule has 0 unspecified atom stereocenters. The van der Waals surface area contributed by atoms with E-state index in [1.807, 2.05) is 43.3 Å². The molecule has 0 aliphatic carbocycles. The number of nitrogens with zero attached hydrogens (tertiary/aromatic N) is 1. The van der Waals surface area contributed by atoms with E-state index in [1.165, 1.54) is 0 Å². The molecule has 0 radical (unpaired) electrons. The first-order chi connectivity index (χ1) is 8.02. The van der Waals surface area contributed by atoms with Crippen LogP contribution in [-0.4, -0.2) is 13.1 Å². The van der Waals surface area contributed by atoms with Crippen LogP contribution in [0.4, 0.5) is 5.69 Å². The topological polar surface area (TPSA) is 37.4 Å². The summed E-state index contributed by atoms with van der Waals surface area (Å²) in [6, 6.07) is 4.17. The van der Waals surface area contributed by atoms with Crippen molar-refractivity contribution in [1.29, 1.82) is 0 Å². The van der Waals surface area contributed by atoms with Gasteiger partial charge in [-0.25, -0.2) is 0 Å². The number of hydrogen-bond acceptors (Lipinski definition) is 4. The molecule has 0 amide bonds. The van der Waals surface area contributed by atoms with Gasteiger partial charge in [0.1, 0.15) is 0 Å². The fraction of sp³-hybridized carbons (Fsp3) is 0.385. The summed E-state index contributed by atoms with van der Waals surface area (Å²) >= 11 is 1.61. The monoisotopic (exact) mass is 249 g/mol. The van der Waals surface area contributed by atoms with Gasteiger partial charge in [0.2, 0.25) is 10.9 Å². The van der Waals surface area contributed by atoms with Crippen LogP contribution in [0.3, 0.4) is 0 Å². The summed E-state index contributed by atoms with van der Waals surface area (Å²) in [6.07, 6.45) is 0.578. The number of rotatable bonds is 4. The zero-order valence-electron chi connectivity index (χ0n) is 10.2. The van der Waals surface area contributed by atoms with Crippen molar-refractivity contribution in [1.82, 2.24) is 0 Å². The second kappa shape index (κ2) is 4.45. The molecule has 1 aromatic heterocycles. The van der Waals surface area contributed by atoms with Gasteiger partial charge in [0.25, 0.3) is 0 Å². The summed E-state index contributed by atoms with van der Waals surface area (Å²) in [5.74, 6) is 0. The highest BCUT2D eigenvalue weighted by Crippen LogP contribution is 2.21. The van der Waals surface area contributed by atoms with Crippen molar-refractivity contribution in [2.24, 2.45) is 0 Å². The maximum absolute atomic E-state index is 11.6. The second-order valence-electron chi connectivity index (χ2n) is 4.45. The minimum atomic E-state index is -0.340. The molecule has 2 aromatic rings. The average molecular weight is 249 g/mol. The van der Waals surface area contributed by atoms with Gasteiger partial charge in [0.15, 0.2) is 0 Å². The molecular formula is C13H15NO2S. The molecule has 1 aromatic carbocycles. The van der Waals surface area contributed by atoms with Gasteiger partial charge in [-0.2, -0.15) is 0 Å². The highest BCUT2D eigenvalue weighted by Gasteiger charge is 2.25. The van der Waals surface area contributed by atoms with Crippen LogP contribution in [0.1, 0.15) is 24.3 Å². The van der Waals surface area contributed by atoms with Crippen LogP contribution >= 0.6 is 11.3 Å². The van der Waals surface area contributed by atoms with Crippen LogP contribution in [-0.2, 0) is 6.42 Å². The third-order valence-corrected chi connectivity index (χ3v) is 3.92. The van der Waals surface area contributed by atoms with Gasteiger partial charge in [-0.15, -0.1) is 11.3 Å². The van der Waals surface area contributed by atoms with Crippen LogP contribution in [0.25, 0.3) is 0 Å². The standard InChI is InChI=1S/C13H15NO2S/c1-8(2)14(3)11-10(12(15)13(11)16)7-9-5-4-6-17-9/h4-6,8H,7H2,1-3H3. The van der Waals surface area contributed by atoms with Crippen molar-refractivity contribution in [2.75, 3.05) is 11.9 Å². The van der Waals surface area contributed by atoms with Gasteiger partial charge < -0.3 is 4.90 Å². The first-order valence-corrected chi connectivity index (χ1v) is 6.47. The molecule has 0 fully saturated rings. The maximum atomic E-state index is 11.6. The summed E-state index contributed by atoms with van der Waals surface area (Å²) in [6.45, 7) is 4.01. The molecule has 0 bridgehead atoms. The van der Waals surface area contributed by atoms with E-state index in [0.29, 0.717) is 17.7 Å². The summed E-state index contributed by atoms with van der Waals surface area (Å²) < 4.78 is 0. The predicted molar refractivity (Wildman–Crippen MR) is 72.0 cm³/mol. The molecule has 17 heavy (non-hydrogen) atoms. The molecule has 2 rings (SSSR count). The van der Waals surface area contributed by atoms with Crippen molar-refractivity contribution in [3.8, 4) is 0 Å². The molecular weight excluding hydrogens is 234 g/mol. The summed E-state index contributed by atoms with van der Waals surface area (Å²) in [7, 11) is 1.86. The molecule has 0 aliphatic heterocycles. The summed E-state index contributed by atoms with van der Waals surface area (Å²) in [4.78, 5) is 26.2. The van der Waals surface area contributed by atoms with E-state index in [4.69, 9.17) is 0 Å². The van der Waals surface area contributed by atoms with Crippen LogP contribution in [0.15, 0.2) is 27.1 Å². The minimum Gasteiger partial charge on any atom is -0.369 e. The summed E-state index contributed by atoms with van der Waals surface area (Å²) in [5, 5.41) is 1.98. The smallest absolute Gasteiger partial charge is 0.249 e. The highest BCUT2D eigenvalue weighted by molar-refractivity contribution is 7.09. The highest BCUT2D eigenvalue weighted by atomic mass is 32.1. The van der Waals surface area contributed by atoms with Crippen molar-refractivity contribution in [3.05, 3.63) is 48.4 Å².